The Hall–Kier alpha value is -2.44. The van der Waals surface area contributed by atoms with Gasteiger partial charge in [-0.15, -0.1) is 0 Å². The molecule has 0 aromatic heterocycles. The van der Waals surface area contributed by atoms with Gasteiger partial charge in [-0.25, -0.2) is 4.79 Å². The van der Waals surface area contributed by atoms with Crippen molar-refractivity contribution in [2.24, 2.45) is 5.92 Å². The second-order valence-corrected chi connectivity index (χ2v) is 7.86. The Bertz CT molecular complexity index is 716. The van der Waals surface area contributed by atoms with E-state index in [0.29, 0.717) is 18.8 Å². The third kappa shape index (κ3) is 4.18. The van der Waals surface area contributed by atoms with E-state index in [0.717, 1.165) is 37.2 Å². The molecule has 7 heteroatoms. The van der Waals surface area contributed by atoms with Gasteiger partial charge in [0.2, 0.25) is 5.91 Å². The number of ether oxygens (including phenoxy) is 2. The molecule has 1 N–H and O–H groups in total. The Morgan fingerprint density at radius 2 is 1.79 bits per heavy atom. The van der Waals surface area contributed by atoms with E-state index in [1.54, 1.807) is 19.1 Å². The molecule has 0 bridgehead atoms. The highest BCUT2D eigenvalue weighted by molar-refractivity contribution is 5.83. The number of carbonyl (C=O) groups is 2. The summed E-state index contributed by atoms with van der Waals surface area (Å²) < 4.78 is 11.0. The maximum atomic E-state index is 13.3. The first-order chi connectivity index (χ1) is 13.4. The minimum Gasteiger partial charge on any atom is -0.497 e. The number of methoxy groups -OCH3 is 2. The summed E-state index contributed by atoms with van der Waals surface area (Å²) in [6, 6.07) is 5.56. The number of nitrogens with one attached hydrogen (secondary N) is 1. The lowest BCUT2D eigenvalue weighted by Gasteiger charge is -2.25. The van der Waals surface area contributed by atoms with Gasteiger partial charge in [0.15, 0.2) is 0 Å². The van der Waals surface area contributed by atoms with Crippen molar-refractivity contribution >= 4 is 11.9 Å². The fraction of sp³-hybridized carbons (Fsp3) is 0.619. The third-order valence-electron chi connectivity index (χ3n) is 5.59. The number of rotatable bonds is 5. The summed E-state index contributed by atoms with van der Waals surface area (Å²) in [7, 11) is 3.25. The van der Waals surface area contributed by atoms with Crippen molar-refractivity contribution in [1.29, 1.82) is 0 Å². The maximum Gasteiger partial charge on any atom is 0.317 e. The van der Waals surface area contributed by atoms with Crippen LogP contribution in [0.4, 0.5) is 4.79 Å². The van der Waals surface area contributed by atoms with Crippen LogP contribution in [0.1, 0.15) is 38.2 Å². The molecule has 0 radical (unpaired) electrons. The normalized spacial score (nSPS) is 21.9. The van der Waals surface area contributed by atoms with Crippen LogP contribution in [0.5, 0.6) is 11.5 Å². The van der Waals surface area contributed by atoms with Crippen molar-refractivity contribution in [3.8, 4) is 11.5 Å². The molecule has 2 heterocycles. The monoisotopic (exact) mass is 389 g/mol. The van der Waals surface area contributed by atoms with Gasteiger partial charge < -0.3 is 24.6 Å². The Morgan fingerprint density at radius 3 is 2.39 bits per heavy atom. The summed E-state index contributed by atoms with van der Waals surface area (Å²) in [5, 5.41) is 2.94. The van der Waals surface area contributed by atoms with Crippen LogP contribution < -0.4 is 14.8 Å². The zero-order chi connectivity index (χ0) is 20.3. The zero-order valence-electron chi connectivity index (χ0n) is 17.2. The smallest absolute Gasteiger partial charge is 0.317 e. The number of benzene rings is 1. The standard InChI is InChI=1S/C21H31N3O4/c1-14(2)22-21(26)24-12-17(16-11-15(27-3)7-8-19(16)28-4)18(13-24)20(25)23-9-5-6-10-23/h7-8,11,14,17-18H,5-6,9-10,12-13H2,1-4H3,(H,22,26). The summed E-state index contributed by atoms with van der Waals surface area (Å²) >= 11 is 0. The molecular weight excluding hydrogens is 358 g/mol. The number of likely N-dealkylation sites (tertiary alicyclic amines) is 2. The molecular formula is C21H31N3O4. The lowest BCUT2D eigenvalue weighted by atomic mass is 9.87. The van der Waals surface area contributed by atoms with Crippen molar-refractivity contribution < 1.29 is 19.1 Å². The largest absolute Gasteiger partial charge is 0.497 e. The highest BCUT2D eigenvalue weighted by atomic mass is 16.5. The number of carbonyl (C=O) groups excluding carboxylic acids is 2. The van der Waals surface area contributed by atoms with Crippen molar-refractivity contribution in [3.63, 3.8) is 0 Å². The first-order valence-electron chi connectivity index (χ1n) is 10.0. The first-order valence-corrected chi connectivity index (χ1v) is 10.0. The van der Waals surface area contributed by atoms with Gasteiger partial charge in [0.25, 0.3) is 0 Å². The molecule has 2 fully saturated rings. The summed E-state index contributed by atoms with van der Waals surface area (Å²) in [4.78, 5) is 29.6. The van der Waals surface area contributed by atoms with E-state index in [2.05, 4.69) is 5.32 Å². The van der Waals surface area contributed by atoms with Gasteiger partial charge in [0.05, 0.1) is 20.1 Å². The second kappa shape index (κ2) is 8.71. The summed E-state index contributed by atoms with van der Waals surface area (Å²) in [5.41, 5.74) is 0.916. The molecule has 1 aromatic carbocycles. The molecule has 2 aliphatic heterocycles. The van der Waals surface area contributed by atoms with Crippen molar-refractivity contribution in [1.82, 2.24) is 15.1 Å². The molecule has 2 aliphatic rings. The zero-order valence-corrected chi connectivity index (χ0v) is 17.2. The predicted molar refractivity (Wildman–Crippen MR) is 107 cm³/mol. The van der Waals surface area contributed by atoms with Crippen LogP contribution in [-0.2, 0) is 4.79 Å². The quantitative estimate of drug-likeness (QED) is 0.840. The third-order valence-corrected chi connectivity index (χ3v) is 5.59. The molecule has 0 spiro atoms. The topological polar surface area (TPSA) is 71.1 Å². The Labute approximate surface area is 167 Å². The fourth-order valence-corrected chi connectivity index (χ4v) is 4.17. The molecule has 0 aliphatic carbocycles. The van der Waals surface area contributed by atoms with E-state index in [9.17, 15) is 9.59 Å². The van der Waals surface area contributed by atoms with Crippen LogP contribution in [0, 0.1) is 5.92 Å². The van der Waals surface area contributed by atoms with Gasteiger partial charge in [0.1, 0.15) is 11.5 Å². The minimum absolute atomic E-state index is 0.0469. The molecule has 2 saturated heterocycles. The van der Waals surface area contributed by atoms with Crippen molar-refractivity contribution in [2.75, 3.05) is 40.4 Å². The van der Waals surface area contributed by atoms with E-state index in [1.165, 1.54) is 0 Å². The molecule has 154 valence electrons. The number of hydrogen-bond donors (Lipinski definition) is 1. The molecule has 3 rings (SSSR count). The second-order valence-electron chi connectivity index (χ2n) is 7.86. The highest BCUT2D eigenvalue weighted by Gasteiger charge is 2.43. The van der Waals surface area contributed by atoms with Gasteiger partial charge in [-0.1, -0.05) is 0 Å². The van der Waals surface area contributed by atoms with E-state index in [1.807, 2.05) is 36.9 Å². The summed E-state index contributed by atoms with van der Waals surface area (Å²) in [6.45, 7) is 6.36. The summed E-state index contributed by atoms with van der Waals surface area (Å²) in [5.74, 6) is 1.16. The number of amides is 3. The molecule has 2 atom stereocenters. The Morgan fingerprint density at radius 1 is 1.07 bits per heavy atom. The average molecular weight is 389 g/mol. The number of hydrogen-bond acceptors (Lipinski definition) is 4. The lowest BCUT2D eigenvalue weighted by Crippen LogP contribution is -2.43. The van der Waals surface area contributed by atoms with Gasteiger partial charge in [-0.2, -0.15) is 0 Å². The molecule has 1 aromatic rings. The SMILES string of the molecule is COc1ccc(OC)c(C2CN(C(=O)NC(C)C)CC2C(=O)N2CCCC2)c1. The van der Waals surface area contributed by atoms with E-state index >= 15 is 0 Å². The van der Waals surface area contributed by atoms with Crippen molar-refractivity contribution in [3.05, 3.63) is 23.8 Å². The molecule has 28 heavy (non-hydrogen) atoms. The first kappa shape index (κ1) is 20.3. The minimum atomic E-state index is -0.281. The van der Waals surface area contributed by atoms with Gasteiger partial charge in [-0.05, 0) is 44.9 Å². The molecule has 3 amide bonds. The average Bonchev–Trinajstić information content (AvgIpc) is 3.36. The number of nitrogens with zero attached hydrogens (tertiary/aromatic N) is 2. The number of urea groups is 1. The fourth-order valence-electron chi connectivity index (χ4n) is 4.17. The van der Waals surface area contributed by atoms with E-state index < -0.39 is 0 Å². The van der Waals surface area contributed by atoms with Crippen LogP contribution in [0.25, 0.3) is 0 Å². The molecule has 7 nitrogen and oxygen atoms in total. The van der Waals surface area contributed by atoms with Gasteiger partial charge in [0, 0.05) is 43.7 Å². The summed E-state index contributed by atoms with van der Waals surface area (Å²) in [6.07, 6.45) is 2.09. The Balaban J connectivity index is 1.92. The molecule has 0 saturated carbocycles. The van der Waals surface area contributed by atoms with Gasteiger partial charge >= 0.3 is 6.03 Å². The van der Waals surface area contributed by atoms with Crippen LogP contribution in [-0.4, -0.2) is 68.2 Å². The van der Waals surface area contributed by atoms with Gasteiger partial charge in [-0.3, -0.25) is 4.79 Å². The highest BCUT2D eigenvalue weighted by Crippen LogP contribution is 2.40. The maximum absolute atomic E-state index is 13.3. The Kier molecular flexibility index (Phi) is 6.31. The van der Waals surface area contributed by atoms with Crippen LogP contribution in [0.3, 0.4) is 0 Å². The van der Waals surface area contributed by atoms with E-state index in [4.69, 9.17) is 9.47 Å². The lowest BCUT2D eigenvalue weighted by molar-refractivity contribution is -0.134. The van der Waals surface area contributed by atoms with Crippen LogP contribution in [0.15, 0.2) is 18.2 Å². The predicted octanol–water partition coefficient (Wildman–Crippen LogP) is 2.46. The van der Waals surface area contributed by atoms with Crippen molar-refractivity contribution in [2.45, 2.75) is 38.6 Å². The van der Waals surface area contributed by atoms with Crippen LogP contribution >= 0.6 is 0 Å². The van der Waals surface area contributed by atoms with E-state index in [-0.39, 0.29) is 29.8 Å². The molecule has 2 unspecified atom stereocenters. The van der Waals surface area contributed by atoms with Crippen LogP contribution in [0.2, 0.25) is 0 Å².